The number of thiol groups is 1. The van der Waals surface area contributed by atoms with Gasteiger partial charge in [-0.05, 0) is 0 Å². The Kier molecular flexibility index (Phi) is 1.75. The van der Waals surface area contributed by atoms with Crippen molar-refractivity contribution >= 4 is 30.0 Å². The van der Waals surface area contributed by atoms with Crippen molar-refractivity contribution < 1.29 is 0 Å². The van der Waals surface area contributed by atoms with Gasteiger partial charge in [-0.3, -0.25) is 0 Å². The van der Waals surface area contributed by atoms with E-state index in [0.29, 0.717) is 6.54 Å². The molecule has 0 atom stereocenters. The van der Waals surface area contributed by atoms with Crippen LogP contribution in [0.3, 0.4) is 0 Å². The van der Waals surface area contributed by atoms with E-state index in [2.05, 4.69) is 18.1 Å². The summed E-state index contributed by atoms with van der Waals surface area (Å²) in [6.45, 7) is 0.703. The van der Waals surface area contributed by atoms with Gasteiger partial charge in [0.05, 0.1) is 11.5 Å². The molecular weight excluding hydrogens is 140 g/mol. The zero-order chi connectivity index (χ0) is 5.98. The number of hydrogen-bond donors (Lipinski definition) is 2. The van der Waals surface area contributed by atoms with E-state index in [1.54, 1.807) is 10.5 Å². The van der Waals surface area contributed by atoms with Crippen LogP contribution in [0.2, 0.25) is 0 Å². The van der Waals surface area contributed by atoms with Crippen molar-refractivity contribution in [3.8, 4) is 0 Å². The normalized spacial score (nSPS) is 18.6. The predicted molar refractivity (Wildman–Crippen MR) is 40.6 cm³/mol. The highest BCUT2D eigenvalue weighted by Crippen LogP contribution is 1.97. The third-order valence-electron chi connectivity index (χ3n) is 0.797. The number of nitrogens with one attached hydrogen (secondary N) is 1. The van der Waals surface area contributed by atoms with Crippen molar-refractivity contribution in [3.05, 3.63) is 12.4 Å². The Morgan fingerprint density at radius 1 is 1.88 bits per heavy atom. The molecule has 0 aromatic heterocycles. The summed E-state index contributed by atoms with van der Waals surface area (Å²) in [5.74, 6) is 0. The number of thiocarbonyl (C=S) groups is 1. The molecule has 0 unspecified atom stereocenters. The van der Waals surface area contributed by atoms with E-state index in [1.165, 1.54) is 0 Å². The molecule has 8 heavy (non-hydrogen) atoms. The van der Waals surface area contributed by atoms with Crippen LogP contribution in [0.25, 0.3) is 0 Å². The van der Waals surface area contributed by atoms with Gasteiger partial charge in [0.2, 0.25) is 0 Å². The summed E-state index contributed by atoms with van der Waals surface area (Å²) in [5.41, 5.74) is 0. The molecule has 0 fully saturated rings. The van der Waals surface area contributed by atoms with E-state index in [0.717, 1.165) is 4.99 Å². The minimum Gasteiger partial charge on any atom is -0.353 e. The maximum absolute atomic E-state index is 4.83. The Morgan fingerprint density at radius 3 is 3.00 bits per heavy atom. The van der Waals surface area contributed by atoms with Crippen LogP contribution in [0.5, 0.6) is 0 Å². The molecule has 0 saturated carbocycles. The van der Waals surface area contributed by atoms with Gasteiger partial charge in [0, 0.05) is 12.4 Å². The van der Waals surface area contributed by atoms with Crippen LogP contribution in [0.15, 0.2) is 12.4 Å². The molecule has 44 valence electrons. The summed E-state index contributed by atoms with van der Waals surface area (Å²) in [4.78, 5) is 0.808. The van der Waals surface area contributed by atoms with Gasteiger partial charge in [-0.2, -0.15) is 0 Å². The number of rotatable bonds is 0. The Morgan fingerprint density at radius 2 is 2.62 bits per heavy atom. The third kappa shape index (κ3) is 1.38. The molecule has 1 heterocycles. The largest absolute Gasteiger partial charge is 0.353 e. The first kappa shape index (κ1) is 5.91. The Labute approximate surface area is 59.1 Å². The third-order valence-corrected chi connectivity index (χ3v) is 1.32. The first-order valence-corrected chi connectivity index (χ1v) is 3.01. The Bertz CT molecular complexity index is 132. The zero-order valence-electron chi connectivity index (χ0n) is 4.16. The van der Waals surface area contributed by atoms with Crippen LogP contribution < -0.4 is 5.32 Å². The van der Waals surface area contributed by atoms with Crippen molar-refractivity contribution in [1.82, 2.24) is 9.62 Å². The average Bonchev–Trinajstić information content (AvgIpc) is 1.64. The summed E-state index contributed by atoms with van der Waals surface area (Å²) < 4.78 is 1.72. The molecule has 0 saturated heterocycles. The predicted octanol–water partition coefficient (Wildman–Crippen LogP) is 0.535. The molecule has 0 spiro atoms. The fourth-order valence-corrected chi connectivity index (χ4v) is 0.973. The molecule has 0 bridgehead atoms. The monoisotopic (exact) mass is 146 g/mol. The van der Waals surface area contributed by atoms with Crippen molar-refractivity contribution in [2.45, 2.75) is 0 Å². The second-order valence-corrected chi connectivity index (χ2v) is 2.49. The molecule has 1 rings (SSSR count). The standard InChI is InChI=1S/C4H6N2S2/c7-4-3-6(8)2-1-5-4/h1-2,8H,3H2,(H,5,7). The average molecular weight is 146 g/mol. The maximum Gasteiger partial charge on any atom is 0.1000 e. The van der Waals surface area contributed by atoms with E-state index in [-0.39, 0.29) is 0 Å². The minimum atomic E-state index is 0.703. The van der Waals surface area contributed by atoms with Gasteiger partial charge in [0.15, 0.2) is 0 Å². The SMILES string of the molecule is S=C1CN(S)C=CN1. The molecule has 0 radical (unpaired) electrons. The lowest BCUT2D eigenvalue weighted by Gasteiger charge is -2.17. The van der Waals surface area contributed by atoms with Crippen LogP contribution in [-0.2, 0) is 0 Å². The smallest absolute Gasteiger partial charge is 0.1000 e. The highest BCUT2D eigenvalue weighted by Gasteiger charge is 2.00. The van der Waals surface area contributed by atoms with Gasteiger partial charge in [-0.1, -0.05) is 25.0 Å². The molecule has 4 heteroatoms. The van der Waals surface area contributed by atoms with Gasteiger partial charge in [-0.25, -0.2) is 0 Å². The second kappa shape index (κ2) is 2.37. The van der Waals surface area contributed by atoms with Crippen LogP contribution in [0.1, 0.15) is 0 Å². The first-order valence-electron chi connectivity index (χ1n) is 2.20. The molecule has 0 aromatic carbocycles. The Balaban J connectivity index is 2.54. The lowest BCUT2D eigenvalue weighted by molar-refractivity contribution is 0.702. The molecule has 0 aromatic rings. The summed E-state index contributed by atoms with van der Waals surface area (Å²) >= 11 is 8.87. The van der Waals surface area contributed by atoms with Gasteiger partial charge in [0.25, 0.3) is 0 Å². The molecule has 1 aliphatic heterocycles. The summed E-state index contributed by atoms with van der Waals surface area (Å²) in [5, 5.41) is 2.87. The zero-order valence-corrected chi connectivity index (χ0v) is 5.88. The van der Waals surface area contributed by atoms with E-state index in [1.807, 2.05) is 6.20 Å². The minimum absolute atomic E-state index is 0.703. The summed E-state index contributed by atoms with van der Waals surface area (Å²) in [6.07, 6.45) is 3.58. The van der Waals surface area contributed by atoms with Crippen molar-refractivity contribution in [1.29, 1.82) is 0 Å². The first-order chi connectivity index (χ1) is 3.79. The molecular formula is C4H6N2S2. The van der Waals surface area contributed by atoms with E-state index in [4.69, 9.17) is 12.2 Å². The lowest BCUT2D eigenvalue weighted by Crippen LogP contribution is -2.30. The van der Waals surface area contributed by atoms with Crippen molar-refractivity contribution in [3.63, 3.8) is 0 Å². The highest BCUT2D eigenvalue weighted by molar-refractivity contribution is 7.80. The van der Waals surface area contributed by atoms with Crippen molar-refractivity contribution in [2.75, 3.05) is 6.54 Å². The van der Waals surface area contributed by atoms with Gasteiger partial charge >= 0.3 is 0 Å². The summed E-state index contributed by atoms with van der Waals surface area (Å²) in [6, 6.07) is 0. The van der Waals surface area contributed by atoms with Crippen molar-refractivity contribution in [2.24, 2.45) is 0 Å². The number of nitrogens with zero attached hydrogens (tertiary/aromatic N) is 1. The molecule has 0 amide bonds. The van der Waals surface area contributed by atoms with E-state index >= 15 is 0 Å². The Hall–Kier alpha value is -0.220. The van der Waals surface area contributed by atoms with Crippen LogP contribution >= 0.6 is 25.0 Å². The van der Waals surface area contributed by atoms with Gasteiger partial charge in [-0.15, -0.1) is 0 Å². The fraction of sp³-hybridized carbons (Fsp3) is 0.250. The van der Waals surface area contributed by atoms with E-state index in [9.17, 15) is 0 Å². The van der Waals surface area contributed by atoms with Gasteiger partial charge < -0.3 is 9.62 Å². The topological polar surface area (TPSA) is 15.3 Å². The summed E-state index contributed by atoms with van der Waals surface area (Å²) in [7, 11) is 0. The van der Waals surface area contributed by atoms with Crippen LogP contribution in [0.4, 0.5) is 0 Å². The fourth-order valence-electron chi connectivity index (χ4n) is 0.462. The maximum atomic E-state index is 4.83. The molecule has 2 nitrogen and oxygen atoms in total. The second-order valence-electron chi connectivity index (χ2n) is 1.48. The van der Waals surface area contributed by atoms with Crippen LogP contribution in [-0.4, -0.2) is 15.8 Å². The van der Waals surface area contributed by atoms with Crippen LogP contribution in [0, 0.1) is 0 Å². The number of hydrogen-bond acceptors (Lipinski definition) is 3. The quantitative estimate of drug-likeness (QED) is 0.383. The molecule has 1 N–H and O–H groups in total. The van der Waals surface area contributed by atoms with Gasteiger partial charge in [0.1, 0.15) is 0 Å². The highest BCUT2D eigenvalue weighted by atomic mass is 32.1. The van der Waals surface area contributed by atoms with E-state index < -0.39 is 0 Å². The lowest BCUT2D eigenvalue weighted by atomic mass is 10.5. The molecule has 0 aliphatic carbocycles. The molecule has 1 aliphatic rings.